The number of nitrogens with one attached hydrogen (secondary N) is 2. The third kappa shape index (κ3) is 6.64. The fourth-order valence-electron chi connectivity index (χ4n) is 1.44. The zero-order valence-corrected chi connectivity index (χ0v) is 11.8. The lowest BCUT2D eigenvalue weighted by Gasteiger charge is -2.21. The number of carbonyl (C=O) groups excluding carboxylic acids is 1. The van der Waals surface area contributed by atoms with Gasteiger partial charge in [-0.05, 0) is 25.7 Å². The molecule has 0 aromatic heterocycles. The minimum Gasteiger partial charge on any atom is -0.392 e. The van der Waals surface area contributed by atoms with E-state index in [9.17, 15) is 9.90 Å². The summed E-state index contributed by atoms with van der Waals surface area (Å²) in [7, 11) is 0. The van der Waals surface area contributed by atoms with Gasteiger partial charge in [0.05, 0.1) is 12.1 Å². The molecule has 0 aliphatic heterocycles. The summed E-state index contributed by atoms with van der Waals surface area (Å²) in [5.74, 6) is 0.214. The fraction of sp³-hybridized carbons (Fsp3) is 0.923. The summed E-state index contributed by atoms with van der Waals surface area (Å²) in [6.07, 6.45) is 1.49. The van der Waals surface area contributed by atoms with Crippen LogP contribution in [0.4, 0.5) is 0 Å². The Balaban J connectivity index is 3.97. The fourth-order valence-corrected chi connectivity index (χ4v) is 1.44. The first-order chi connectivity index (χ1) is 7.92. The Bertz CT molecular complexity index is 215. The maximum atomic E-state index is 11.8. The molecule has 0 radical (unpaired) electrons. The Morgan fingerprint density at radius 3 is 2.12 bits per heavy atom. The normalized spacial score (nSPS) is 15.1. The number of amides is 1. The van der Waals surface area contributed by atoms with Crippen molar-refractivity contribution in [3.8, 4) is 0 Å². The van der Waals surface area contributed by atoms with Gasteiger partial charge in [0.1, 0.15) is 0 Å². The molecule has 0 fully saturated rings. The molecule has 0 rings (SSSR count). The Kier molecular flexibility index (Phi) is 8.17. The summed E-state index contributed by atoms with van der Waals surface area (Å²) in [6.45, 7) is 10.3. The molecule has 0 saturated carbocycles. The van der Waals surface area contributed by atoms with Crippen molar-refractivity contribution >= 4 is 5.91 Å². The molecule has 0 aliphatic rings. The number of hydrogen-bond donors (Lipinski definition) is 3. The van der Waals surface area contributed by atoms with Crippen LogP contribution in [0.3, 0.4) is 0 Å². The first-order valence-electron chi connectivity index (χ1n) is 6.64. The van der Waals surface area contributed by atoms with Crippen molar-refractivity contribution in [2.45, 2.75) is 65.6 Å². The molecule has 0 heterocycles. The third-order valence-electron chi connectivity index (χ3n) is 3.13. The lowest BCUT2D eigenvalue weighted by atomic mass is 10.1. The van der Waals surface area contributed by atoms with Crippen LogP contribution in [-0.2, 0) is 4.79 Å². The standard InChI is InChI=1S/C13H28N2O2/c1-6-11(7-2)15-13(17)10(5)14-8-12(16)9(3)4/h9-12,14,16H,6-8H2,1-5H3,(H,15,17). The van der Waals surface area contributed by atoms with E-state index in [0.717, 1.165) is 12.8 Å². The van der Waals surface area contributed by atoms with Gasteiger partial charge < -0.3 is 15.7 Å². The molecule has 17 heavy (non-hydrogen) atoms. The van der Waals surface area contributed by atoms with E-state index >= 15 is 0 Å². The molecule has 102 valence electrons. The lowest BCUT2D eigenvalue weighted by molar-refractivity contribution is -0.123. The predicted molar refractivity (Wildman–Crippen MR) is 70.8 cm³/mol. The van der Waals surface area contributed by atoms with Crippen molar-refractivity contribution < 1.29 is 9.90 Å². The van der Waals surface area contributed by atoms with Crippen LogP contribution in [0.5, 0.6) is 0 Å². The van der Waals surface area contributed by atoms with Crippen molar-refractivity contribution in [2.75, 3.05) is 6.54 Å². The van der Waals surface area contributed by atoms with Gasteiger partial charge in [0.2, 0.25) is 5.91 Å². The highest BCUT2D eigenvalue weighted by atomic mass is 16.3. The van der Waals surface area contributed by atoms with Gasteiger partial charge in [0.15, 0.2) is 0 Å². The maximum Gasteiger partial charge on any atom is 0.237 e. The monoisotopic (exact) mass is 244 g/mol. The van der Waals surface area contributed by atoms with Crippen LogP contribution >= 0.6 is 0 Å². The molecule has 0 saturated heterocycles. The number of carbonyl (C=O) groups is 1. The van der Waals surface area contributed by atoms with Gasteiger partial charge in [-0.2, -0.15) is 0 Å². The summed E-state index contributed by atoms with van der Waals surface area (Å²) in [6, 6.07) is -0.00854. The van der Waals surface area contributed by atoms with E-state index in [1.165, 1.54) is 0 Å². The first-order valence-corrected chi connectivity index (χ1v) is 6.64. The number of aliphatic hydroxyl groups is 1. The topological polar surface area (TPSA) is 61.4 Å². The summed E-state index contributed by atoms with van der Waals surface area (Å²) >= 11 is 0. The molecule has 2 atom stereocenters. The minimum atomic E-state index is -0.404. The average molecular weight is 244 g/mol. The van der Waals surface area contributed by atoms with E-state index in [4.69, 9.17) is 0 Å². The molecule has 0 bridgehead atoms. The third-order valence-corrected chi connectivity index (χ3v) is 3.13. The van der Waals surface area contributed by atoms with Crippen molar-refractivity contribution in [1.82, 2.24) is 10.6 Å². The van der Waals surface area contributed by atoms with Crippen molar-refractivity contribution in [1.29, 1.82) is 0 Å². The van der Waals surface area contributed by atoms with Crippen LogP contribution in [-0.4, -0.2) is 35.7 Å². The van der Waals surface area contributed by atoms with Crippen molar-refractivity contribution in [3.63, 3.8) is 0 Å². The second kappa shape index (κ2) is 8.48. The number of rotatable bonds is 8. The van der Waals surface area contributed by atoms with E-state index < -0.39 is 6.10 Å². The van der Waals surface area contributed by atoms with E-state index in [-0.39, 0.29) is 23.9 Å². The van der Waals surface area contributed by atoms with Gasteiger partial charge in [-0.15, -0.1) is 0 Å². The zero-order valence-electron chi connectivity index (χ0n) is 11.8. The predicted octanol–water partition coefficient (Wildman–Crippen LogP) is 1.29. The summed E-state index contributed by atoms with van der Waals surface area (Å²) < 4.78 is 0. The largest absolute Gasteiger partial charge is 0.392 e. The second-order valence-corrected chi connectivity index (χ2v) is 4.96. The van der Waals surface area contributed by atoms with Crippen molar-refractivity contribution in [3.05, 3.63) is 0 Å². The quantitative estimate of drug-likeness (QED) is 0.603. The molecule has 4 heteroatoms. The van der Waals surface area contributed by atoms with E-state index in [1.807, 2.05) is 20.8 Å². The summed E-state index contributed by atoms with van der Waals surface area (Å²) in [4.78, 5) is 11.8. The number of aliphatic hydroxyl groups excluding tert-OH is 1. The Hall–Kier alpha value is -0.610. The highest BCUT2D eigenvalue weighted by Gasteiger charge is 2.17. The Morgan fingerprint density at radius 2 is 1.71 bits per heavy atom. The first kappa shape index (κ1) is 16.4. The Morgan fingerprint density at radius 1 is 1.18 bits per heavy atom. The van der Waals surface area contributed by atoms with E-state index in [0.29, 0.717) is 6.54 Å². The molecular weight excluding hydrogens is 216 g/mol. The lowest BCUT2D eigenvalue weighted by Crippen LogP contribution is -2.48. The van der Waals surface area contributed by atoms with E-state index in [2.05, 4.69) is 24.5 Å². The summed E-state index contributed by atoms with van der Waals surface area (Å²) in [5, 5.41) is 15.7. The highest BCUT2D eigenvalue weighted by Crippen LogP contribution is 2.00. The van der Waals surface area contributed by atoms with Crippen LogP contribution in [0.15, 0.2) is 0 Å². The zero-order chi connectivity index (χ0) is 13.4. The van der Waals surface area contributed by atoms with Gasteiger partial charge in [-0.1, -0.05) is 27.7 Å². The second-order valence-electron chi connectivity index (χ2n) is 4.96. The van der Waals surface area contributed by atoms with Crippen LogP contribution in [0, 0.1) is 5.92 Å². The smallest absolute Gasteiger partial charge is 0.237 e. The molecule has 3 N–H and O–H groups in total. The molecule has 0 aliphatic carbocycles. The van der Waals surface area contributed by atoms with Gasteiger partial charge in [0.25, 0.3) is 0 Å². The molecular formula is C13H28N2O2. The van der Waals surface area contributed by atoms with Gasteiger partial charge in [-0.3, -0.25) is 4.79 Å². The average Bonchev–Trinajstić information content (AvgIpc) is 2.31. The van der Waals surface area contributed by atoms with Gasteiger partial charge in [-0.25, -0.2) is 0 Å². The molecule has 4 nitrogen and oxygen atoms in total. The number of hydrogen-bond acceptors (Lipinski definition) is 3. The highest BCUT2D eigenvalue weighted by molar-refractivity contribution is 5.81. The van der Waals surface area contributed by atoms with Crippen LogP contribution in [0.1, 0.15) is 47.5 Å². The summed E-state index contributed by atoms with van der Waals surface area (Å²) in [5.41, 5.74) is 0. The van der Waals surface area contributed by atoms with Gasteiger partial charge in [0, 0.05) is 12.6 Å². The van der Waals surface area contributed by atoms with Crippen LogP contribution in [0.2, 0.25) is 0 Å². The molecule has 1 amide bonds. The van der Waals surface area contributed by atoms with Crippen LogP contribution < -0.4 is 10.6 Å². The molecule has 0 aromatic carbocycles. The molecule has 0 spiro atoms. The maximum absolute atomic E-state index is 11.8. The minimum absolute atomic E-state index is 0.00894. The SMILES string of the molecule is CCC(CC)NC(=O)C(C)NCC(O)C(C)C. The van der Waals surface area contributed by atoms with E-state index in [1.54, 1.807) is 0 Å². The van der Waals surface area contributed by atoms with Gasteiger partial charge >= 0.3 is 0 Å². The van der Waals surface area contributed by atoms with Crippen molar-refractivity contribution in [2.24, 2.45) is 5.92 Å². The van der Waals surface area contributed by atoms with Crippen LogP contribution in [0.25, 0.3) is 0 Å². The molecule has 0 aromatic rings. The Labute approximate surface area is 105 Å². The molecule has 2 unspecified atom stereocenters.